The molecule has 2 aliphatic rings. The Morgan fingerprint density at radius 1 is 0.750 bits per heavy atom. The van der Waals surface area contributed by atoms with Crippen molar-refractivity contribution in [3.05, 3.63) is 0 Å². The van der Waals surface area contributed by atoms with E-state index in [2.05, 4.69) is 0 Å². The molecule has 0 unspecified atom stereocenters. The Hall–Kier alpha value is -2.20. The molecular weight excluding hydrogens is 328 g/mol. The van der Waals surface area contributed by atoms with Crippen molar-refractivity contribution in [2.45, 2.75) is 50.1 Å². The van der Waals surface area contributed by atoms with Crippen LogP contribution in [-0.4, -0.2) is 71.7 Å². The second-order valence-corrected chi connectivity index (χ2v) is 5.44. The Kier molecular flexibility index (Phi) is 6.10. The number of ether oxygens (including phenoxy) is 4. The van der Waals surface area contributed by atoms with E-state index in [9.17, 15) is 19.2 Å². The van der Waals surface area contributed by atoms with Gasteiger partial charge in [0.05, 0.1) is 38.9 Å². The third-order valence-corrected chi connectivity index (χ3v) is 3.61. The molecule has 4 atom stereocenters. The molecule has 2 heterocycles. The topological polar surface area (TPSA) is 146 Å². The van der Waals surface area contributed by atoms with Crippen LogP contribution in [0.4, 0.5) is 0 Å². The van der Waals surface area contributed by atoms with Crippen molar-refractivity contribution in [1.82, 2.24) is 0 Å². The Labute approximate surface area is 136 Å². The molecule has 0 bridgehead atoms. The molecular formula is C14H18O10. The lowest BCUT2D eigenvalue weighted by Gasteiger charge is -2.17. The molecule has 2 aliphatic heterocycles. The Morgan fingerprint density at radius 2 is 1.12 bits per heavy atom. The molecule has 2 N–H and O–H groups in total. The maximum absolute atomic E-state index is 11.6. The molecule has 0 saturated carbocycles. The molecule has 0 aromatic heterocycles. The van der Waals surface area contributed by atoms with Crippen LogP contribution in [0.2, 0.25) is 0 Å². The van der Waals surface area contributed by atoms with Gasteiger partial charge in [-0.05, 0) is 0 Å². The van der Waals surface area contributed by atoms with E-state index in [0.29, 0.717) is 0 Å². The van der Waals surface area contributed by atoms with Crippen molar-refractivity contribution >= 4 is 23.9 Å². The highest BCUT2D eigenvalue weighted by Crippen LogP contribution is 2.31. The molecule has 0 amide bonds. The zero-order chi connectivity index (χ0) is 17.7. The smallest absolute Gasteiger partial charge is 0.306 e. The van der Waals surface area contributed by atoms with Gasteiger partial charge in [-0.2, -0.15) is 0 Å². The van der Waals surface area contributed by atoms with Crippen LogP contribution in [0.15, 0.2) is 0 Å². The number of carbonyl (C=O) groups excluding carboxylic acids is 2. The molecule has 0 aromatic rings. The maximum atomic E-state index is 11.6. The molecule has 10 heteroatoms. The molecule has 2 rings (SSSR count). The first-order valence-electron chi connectivity index (χ1n) is 7.42. The Balaban J connectivity index is 1.78. The van der Waals surface area contributed by atoms with Crippen LogP contribution in [0, 0.1) is 0 Å². The van der Waals surface area contributed by atoms with Gasteiger partial charge in [0.25, 0.3) is 0 Å². The van der Waals surface area contributed by atoms with Gasteiger partial charge in [-0.1, -0.05) is 0 Å². The lowest BCUT2D eigenvalue weighted by Crippen LogP contribution is -2.36. The number of fused-ring (bicyclic) bond motifs is 1. The van der Waals surface area contributed by atoms with Crippen LogP contribution in [0.25, 0.3) is 0 Å². The summed E-state index contributed by atoms with van der Waals surface area (Å²) in [6.45, 7) is 0.106. The van der Waals surface area contributed by atoms with Crippen molar-refractivity contribution in [1.29, 1.82) is 0 Å². The monoisotopic (exact) mass is 346 g/mol. The average molecular weight is 346 g/mol. The molecule has 10 nitrogen and oxygen atoms in total. The van der Waals surface area contributed by atoms with E-state index in [0.717, 1.165) is 0 Å². The average Bonchev–Trinajstić information content (AvgIpc) is 3.07. The van der Waals surface area contributed by atoms with Crippen molar-refractivity contribution in [2.24, 2.45) is 0 Å². The Morgan fingerprint density at radius 3 is 1.46 bits per heavy atom. The third kappa shape index (κ3) is 4.90. The van der Waals surface area contributed by atoms with Crippen molar-refractivity contribution in [2.75, 3.05) is 13.2 Å². The largest absolute Gasteiger partial charge is 0.481 e. The quantitative estimate of drug-likeness (QED) is 0.543. The van der Waals surface area contributed by atoms with Gasteiger partial charge < -0.3 is 29.2 Å². The lowest BCUT2D eigenvalue weighted by atomic mass is 10.1. The predicted octanol–water partition coefficient (Wildman–Crippen LogP) is -0.663. The van der Waals surface area contributed by atoms with Crippen molar-refractivity contribution < 1.29 is 48.3 Å². The second-order valence-electron chi connectivity index (χ2n) is 5.44. The first-order chi connectivity index (χ1) is 11.4. The Bertz CT molecular complexity index is 470. The van der Waals surface area contributed by atoms with Gasteiger partial charge in [-0.25, -0.2) is 0 Å². The van der Waals surface area contributed by atoms with E-state index >= 15 is 0 Å². The molecule has 0 radical (unpaired) electrons. The molecule has 0 spiro atoms. The van der Waals surface area contributed by atoms with Gasteiger partial charge in [0.1, 0.15) is 12.2 Å². The highest BCUT2D eigenvalue weighted by molar-refractivity contribution is 5.77. The zero-order valence-corrected chi connectivity index (χ0v) is 12.7. The van der Waals surface area contributed by atoms with E-state index in [1.165, 1.54) is 0 Å². The number of hydrogen-bond acceptors (Lipinski definition) is 8. The summed E-state index contributed by atoms with van der Waals surface area (Å²) in [6.07, 6.45) is -3.76. The molecule has 0 aliphatic carbocycles. The predicted molar refractivity (Wildman–Crippen MR) is 73.0 cm³/mol. The summed E-state index contributed by atoms with van der Waals surface area (Å²) in [6, 6.07) is 0. The van der Waals surface area contributed by atoms with Crippen LogP contribution in [0.5, 0.6) is 0 Å². The lowest BCUT2D eigenvalue weighted by molar-refractivity contribution is -0.157. The molecule has 0 aromatic carbocycles. The minimum atomic E-state index is -1.10. The van der Waals surface area contributed by atoms with E-state index < -0.39 is 48.3 Å². The van der Waals surface area contributed by atoms with Crippen molar-refractivity contribution in [3.63, 3.8) is 0 Å². The van der Waals surface area contributed by atoms with E-state index in [1.807, 2.05) is 0 Å². The fraction of sp³-hybridized carbons (Fsp3) is 0.714. The summed E-state index contributed by atoms with van der Waals surface area (Å²) in [5.74, 6) is -3.54. The van der Waals surface area contributed by atoms with Gasteiger partial charge in [0, 0.05) is 0 Å². The van der Waals surface area contributed by atoms with Gasteiger partial charge in [0.2, 0.25) is 0 Å². The minimum Gasteiger partial charge on any atom is -0.481 e. The number of hydrogen-bond donors (Lipinski definition) is 2. The zero-order valence-electron chi connectivity index (χ0n) is 12.7. The van der Waals surface area contributed by atoms with Gasteiger partial charge >= 0.3 is 23.9 Å². The van der Waals surface area contributed by atoms with E-state index in [-0.39, 0.29) is 38.9 Å². The number of esters is 2. The van der Waals surface area contributed by atoms with E-state index in [1.54, 1.807) is 0 Å². The van der Waals surface area contributed by atoms with Crippen LogP contribution in [0.3, 0.4) is 0 Å². The van der Waals surface area contributed by atoms with Crippen LogP contribution < -0.4 is 0 Å². The molecule has 2 fully saturated rings. The minimum absolute atomic E-state index is 0.0529. The summed E-state index contributed by atoms with van der Waals surface area (Å²) in [5, 5.41) is 17.1. The number of carboxylic acids is 2. The summed E-state index contributed by atoms with van der Waals surface area (Å²) in [5.41, 5.74) is 0. The number of carbonyl (C=O) groups is 4. The number of aliphatic carboxylic acids is 2. The maximum Gasteiger partial charge on any atom is 0.306 e. The standard InChI is InChI=1S/C14H18O10/c15-9(16)1-3-11(19)23-7-5-21-14-8(6-22-13(7)14)24-12(20)4-2-10(17)18/h7-8,13-14H,1-6H2,(H,15,16)(H,17,18)/t7-,8-,13+,14+/m0/s1. The molecule has 2 saturated heterocycles. The SMILES string of the molecule is O=C(O)CCC(=O)O[C@H]1CO[C@H]2[C@@H]1OC[C@@H]2OC(=O)CCC(=O)O. The first kappa shape index (κ1) is 18.1. The number of carboxylic acid groups (broad SMARTS) is 2. The highest BCUT2D eigenvalue weighted by atomic mass is 16.7. The van der Waals surface area contributed by atoms with Crippen LogP contribution in [-0.2, 0) is 38.1 Å². The van der Waals surface area contributed by atoms with Crippen molar-refractivity contribution in [3.8, 4) is 0 Å². The number of rotatable bonds is 8. The van der Waals surface area contributed by atoms with Crippen LogP contribution >= 0.6 is 0 Å². The summed E-state index contributed by atoms with van der Waals surface area (Å²) < 4.78 is 21.2. The molecule has 24 heavy (non-hydrogen) atoms. The third-order valence-electron chi connectivity index (χ3n) is 3.61. The molecule has 134 valence electrons. The summed E-state index contributed by atoms with van der Waals surface area (Å²) in [4.78, 5) is 44.0. The van der Waals surface area contributed by atoms with Gasteiger partial charge in [0.15, 0.2) is 12.2 Å². The van der Waals surface area contributed by atoms with Crippen LogP contribution in [0.1, 0.15) is 25.7 Å². The fourth-order valence-electron chi connectivity index (χ4n) is 2.50. The van der Waals surface area contributed by atoms with E-state index in [4.69, 9.17) is 29.2 Å². The van der Waals surface area contributed by atoms with Gasteiger partial charge in [-0.3, -0.25) is 19.2 Å². The summed E-state index contributed by atoms with van der Waals surface area (Å²) in [7, 11) is 0. The highest BCUT2D eigenvalue weighted by Gasteiger charge is 2.51. The normalized spacial score (nSPS) is 28.2. The fourth-order valence-corrected chi connectivity index (χ4v) is 2.50. The first-order valence-corrected chi connectivity index (χ1v) is 7.42. The summed E-state index contributed by atoms with van der Waals surface area (Å²) >= 11 is 0. The van der Waals surface area contributed by atoms with Gasteiger partial charge in [-0.15, -0.1) is 0 Å². The second kappa shape index (κ2) is 8.06.